The Balaban J connectivity index is 1.55. The molecular formula is C25H18Cl4N6S2. The van der Waals surface area contributed by atoms with Crippen molar-refractivity contribution < 1.29 is 0 Å². The second-order valence-electron chi connectivity index (χ2n) is 7.55. The molecule has 3 aromatic carbocycles. The number of halogens is 4. The molecule has 5 N–H and O–H groups in total. The lowest BCUT2D eigenvalue weighted by Crippen LogP contribution is -2.21. The number of rotatable bonds is 6. The van der Waals surface area contributed by atoms with Crippen LogP contribution in [0.2, 0.25) is 20.1 Å². The maximum Gasteiger partial charge on any atom is 0.175 e. The van der Waals surface area contributed by atoms with Crippen molar-refractivity contribution in [3.05, 3.63) is 99.1 Å². The van der Waals surface area contributed by atoms with E-state index >= 15 is 0 Å². The zero-order valence-electron chi connectivity index (χ0n) is 18.8. The summed E-state index contributed by atoms with van der Waals surface area (Å²) < 4.78 is 0. The predicted octanol–water partition coefficient (Wildman–Crippen LogP) is 9.06. The maximum atomic E-state index is 6.26. The first kappa shape index (κ1) is 27.2. The molecule has 0 spiro atoms. The van der Waals surface area contributed by atoms with Gasteiger partial charge in [0.15, 0.2) is 10.2 Å². The molecule has 0 bridgehead atoms. The molecule has 0 radical (unpaired) electrons. The molecule has 0 aliphatic rings. The second kappa shape index (κ2) is 12.6. The van der Waals surface area contributed by atoms with E-state index in [9.17, 15) is 0 Å². The Morgan fingerprint density at radius 3 is 1.70 bits per heavy atom. The summed E-state index contributed by atoms with van der Waals surface area (Å²) in [5.74, 6) is 0.670. The Morgan fingerprint density at radius 2 is 1.14 bits per heavy atom. The van der Waals surface area contributed by atoms with Gasteiger partial charge < -0.3 is 26.6 Å². The van der Waals surface area contributed by atoms with E-state index in [2.05, 4.69) is 31.6 Å². The SMILES string of the molecule is S=C(Nc1cc(Cl)cc(Cl)c1)Nc1cc(NC(=S)Nc2c(Cl)cccc2Cl)cc(Nc2ccccn2)c1. The van der Waals surface area contributed by atoms with Crippen LogP contribution in [0.15, 0.2) is 79.0 Å². The summed E-state index contributed by atoms with van der Waals surface area (Å²) in [6, 6.07) is 21.4. The summed E-state index contributed by atoms with van der Waals surface area (Å²) in [4.78, 5) is 4.32. The monoisotopic (exact) mass is 606 g/mol. The van der Waals surface area contributed by atoms with E-state index in [4.69, 9.17) is 70.8 Å². The number of thiocarbonyl (C=S) groups is 2. The zero-order chi connectivity index (χ0) is 26.4. The smallest absolute Gasteiger partial charge is 0.175 e. The van der Waals surface area contributed by atoms with E-state index < -0.39 is 0 Å². The van der Waals surface area contributed by atoms with Gasteiger partial charge in [0, 0.05) is 39.0 Å². The molecule has 0 saturated carbocycles. The first-order valence-electron chi connectivity index (χ1n) is 10.6. The molecule has 4 aromatic rings. The lowest BCUT2D eigenvalue weighted by molar-refractivity contribution is 1.31. The van der Waals surface area contributed by atoms with E-state index in [1.165, 1.54) is 0 Å². The number of hydrogen-bond acceptors (Lipinski definition) is 4. The average molecular weight is 608 g/mol. The predicted molar refractivity (Wildman–Crippen MR) is 167 cm³/mol. The number of anilines is 6. The van der Waals surface area contributed by atoms with E-state index in [1.807, 2.05) is 36.4 Å². The van der Waals surface area contributed by atoms with Gasteiger partial charge >= 0.3 is 0 Å². The van der Waals surface area contributed by atoms with Gasteiger partial charge in [0.05, 0.1) is 15.7 Å². The van der Waals surface area contributed by atoms with Crippen LogP contribution in [0.1, 0.15) is 0 Å². The van der Waals surface area contributed by atoms with Crippen LogP contribution in [-0.2, 0) is 0 Å². The minimum absolute atomic E-state index is 0.296. The fraction of sp³-hybridized carbons (Fsp3) is 0. The van der Waals surface area contributed by atoms with E-state index in [1.54, 1.807) is 42.6 Å². The molecule has 0 aliphatic heterocycles. The molecule has 0 aliphatic carbocycles. The van der Waals surface area contributed by atoms with E-state index in [-0.39, 0.29) is 0 Å². The molecule has 1 aromatic heterocycles. The number of benzene rings is 3. The number of aromatic nitrogens is 1. The topological polar surface area (TPSA) is 73.0 Å². The van der Waals surface area contributed by atoms with Crippen LogP contribution in [0.4, 0.5) is 34.3 Å². The maximum absolute atomic E-state index is 6.26. The molecule has 6 nitrogen and oxygen atoms in total. The number of nitrogens with one attached hydrogen (secondary N) is 5. The number of hydrogen-bond donors (Lipinski definition) is 5. The molecule has 0 saturated heterocycles. The fourth-order valence-electron chi connectivity index (χ4n) is 3.24. The number of para-hydroxylation sites is 1. The summed E-state index contributed by atoms with van der Waals surface area (Å²) in [5.41, 5.74) is 3.23. The van der Waals surface area contributed by atoms with Crippen LogP contribution in [0, 0.1) is 0 Å². The molecular weight excluding hydrogens is 590 g/mol. The van der Waals surface area contributed by atoms with Crippen LogP contribution in [0.25, 0.3) is 0 Å². The summed E-state index contributed by atoms with van der Waals surface area (Å²) in [6.45, 7) is 0. The van der Waals surface area contributed by atoms with Crippen LogP contribution in [0.5, 0.6) is 0 Å². The van der Waals surface area contributed by atoms with E-state index in [0.29, 0.717) is 58.9 Å². The third-order valence-corrected chi connectivity index (χ3v) is 6.18. The third-order valence-electron chi connectivity index (χ3n) is 4.71. The van der Waals surface area contributed by atoms with Crippen molar-refractivity contribution in [3.63, 3.8) is 0 Å². The summed E-state index contributed by atoms with van der Waals surface area (Å²) in [6.07, 6.45) is 1.70. The van der Waals surface area contributed by atoms with E-state index in [0.717, 1.165) is 5.69 Å². The van der Waals surface area contributed by atoms with Crippen LogP contribution >= 0.6 is 70.8 Å². The highest BCUT2D eigenvalue weighted by Gasteiger charge is 2.10. The summed E-state index contributed by atoms with van der Waals surface area (Å²) in [5, 5.41) is 18.2. The Morgan fingerprint density at radius 1 is 0.595 bits per heavy atom. The molecule has 0 amide bonds. The largest absolute Gasteiger partial charge is 0.340 e. The minimum atomic E-state index is 0.296. The van der Waals surface area contributed by atoms with Gasteiger partial charge in [-0.05, 0) is 85.1 Å². The highest BCUT2D eigenvalue weighted by atomic mass is 35.5. The molecule has 1 heterocycles. The summed E-state index contributed by atoms with van der Waals surface area (Å²) in [7, 11) is 0. The van der Waals surface area contributed by atoms with Gasteiger partial charge in [-0.15, -0.1) is 0 Å². The van der Waals surface area contributed by atoms with Gasteiger partial charge in [-0.3, -0.25) is 0 Å². The Bertz CT molecular complexity index is 1410. The Labute approximate surface area is 244 Å². The van der Waals surface area contributed by atoms with Crippen molar-refractivity contribution in [2.24, 2.45) is 0 Å². The van der Waals surface area contributed by atoms with Crippen LogP contribution in [-0.4, -0.2) is 15.2 Å². The van der Waals surface area contributed by atoms with Gasteiger partial charge in [0.25, 0.3) is 0 Å². The van der Waals surface area contributed by atoms with Crippen LogP contribution in [0.3, 0.4) is 0 Å². The average Bonchev–Trinajstić information content (AvgIpc) is 2.81. The molecule has 37 heavy (non-hydrogen) atoms. The molecule has 12 heteroatoms. The molecule has 4 rings (SSSR count). The standard InChI is InChI=1S/C25H18Cl4N6S2/c26-14-8-15(27)10-16(9-14)32-24(36)33-18-11-17(31-22-6-1-2-7-30-22)12-19(13-18)34-25(37)35-23-20(28)4-3-5-21(23)29/h1-13H,(H,30,31)(H2,32,33,36)(H2,34,35,37). The van der Waals surface area contributed by atoms with Gasteiger partial charge in [-0.2, -0.15) is 0 Å². The Kier molecular flexibility index (Phi) is 9.26. The summed E-state index contributed by atoms with van der Waals surface area (Å²) >= 11 is 35.7. The first-order valence-corrected chi connectivity index (χ1v) is 13.0. The van der Waals surface area contributed by atoms with Crippen LogP contribution < -0.4 is 26.6 Å². The van der Waals surface area contributed by atoms with Gasteiger partial charge in [0.1, 0.15) is 5.82 Å². The molecule has 188 valence electrons. The van der Waals surface area contributed by atoms with Gasteiger partial charge in [-0.25, -0.2) is 4.98 Å². The van der Waals surface area contributed by atoms with Crippen molar-refractivity contribution in [2.75, 3.05) is 26.6 Å². The molecule has 0 fully saturated rings. The fourth-order valence-corrected chi connectivity index (χ4v) is 4.71. The van der Waals surface area contributed by atoms with Crippen molar-refractivity contribution in [3.8, 4) is 0 Å². The van der Waals surface area contributed by atoms with Crippen molar-refractivity contribution in [1.29, 1.82) is 0 Å². The highest BCUT2D eigenvalue weighted by molar-refractivity contribution is 7.81. The van der Waals surface area contributed by atoms with Gasteiger partial charge in [0.2, 0.25) is 0 Å². The normalized spacial score (nSPS) is 10.4. The molecule has 0 atom stereocenters. The third kappa shape index (κ3) is 8.07. The lowest BCUT2D eigenvalue weighted by Gasteiger charge is -2.17. The molecule has 0 unspecified atom stereocenters. The zero-order valence-corrected chi connectivity index (χ0v) is 23.4. The highest BCUT2D eigenvalue weighted by Crippen LogP contribution is 2.31. The lowest BCUT2D eigenvalue weighted by atomic mass is 10.2. The van der Waals surface area contributed by atoms with Crippen molar-refractivity contribution in [2.45, 2.75) is 0 Å². The minimum Gasteiger partial charge on any atom is -0.340 e. The van der Waals surface area contributed by atoms with Gasteiger partial charge in [-0.1, -0.05) is 58.5 Å². The number of pyridine rings is 1. The van der Waals surface area contributed by atoms with Crippen molar-refractivity contribution in [1.82, 2.24) is 4.98 Å². The quantitative estimate of drug-likeness (QED) is 0.139. The Hall–Kier alpha value is -2.85. The van der Waals surface area contributed by atoms with Crippen molar-refractivity contribution >= 4 is 115 Å². The second-order valence-corrected chi connectivity index (χ2v) is 10.1. The number of nitrogens with zero attached hydrogens (tertiary/aromatic N) is 1. The first-order chi connectivity index (χ1) is 17.7.